The van der Waals surface area contributed by atoms with Crippen LogP contribution in [0.3, 0.4) is 0 Å². The molecule has 0 saturated carbocycles. The van der Waals surface area contributed by atoms with Crippen molar-refractivity contribution in [2.45, 2.75) is 18.9 Å². The van der Waals surface area contributed by atoms with Crippen LogP contribution >= 0.6 is 15.9 Å². The molecule has 3 N–H and O–H groups in total. The Bertz CT molecular complexity index is 861. The van der Waals surface area contributed by atoms with Crippen LogP contribution in [0.1, 0.15) is 11.1 Å². The highest BCUT2D eigenvalue weighted by molar-refractivity contribution is 9.10. The number of nitrogens with two attached hydrogens (primary N) is 1. The number of likely N-dealkylation sites (N-methyl/N-ethyl adjacent to an activating group) is 1. The summed E-state index contributed by atoms with van der Waals surface area (Å²) in [4.78, 5) is 26.1. The van der Waals surface area contributed by atoms with Crippen molar-refractivity contribution < 1.29 is 19.1 Å². The van der Waals surface area contributed by atoms with E-state index in [4.69, 9.17) is 15.2 Å². The van der Waals surface area contributed by atoms with Gasteiger partial charge in [0.2, 0.25) is 11.8 Å². The number of nitrogens with zero attached hydrogens (tertiary/aromatic N) is 1. The standard InChI is InChI=1S/C22H28BrN3O4/c1-26(22(28)18(24)11-15-7-5-4-6-8-15)14-21(27)25-10-9-16-12-20(30-3)17(23)13-19(16)29-2/h4-8,12-13,18H,9-11,14,24H2,1-3H3,(H,25,27)/t18-/m0/s1. The van der Waals surface area contributed by atoms with Crippen LogP contribution in [0, 0.1) is 0 Å². The Balaban J connectivity index is 1.83. The first kappa shape index (κ1) is 23.7. The van der Waals surface area contributed by atoms with E-state index in [-0.39, 0.29) is 18.4 Å². The van der Waals surface area contributed by atoms with Crippen molar-refractivity contribution in [2.75, 3.05) is 34.4 Å². The fourth-order valence-electron chi connectivity index (χ4n) is 3.04. The van der Waals surface area contributed by atoms with Gasteiger partial charge in [0, 0.05) is 13.6 Å². The highest BCUT2D eigenvalue weighted by Gasteiger charge is 2.20. The molecule has 8 heteroatoms. The van der Waals surface area contributed by atoms with Crippen LogP contribution < -0.4 is 20.5 Å². The lowest BCUT2D eigenvalue weighted by Gasteiger charge is -2.21. The Morgan fingerprint density at radius 1 is 1.13 bits per heavy atom. The highest BCUT2D eigenvalue weighted by atomic mass is 79.9. The maximum atomic E-state index is 12.5. The fraction of sp³-hybridized carbons (Fsp3) is 0.364. The number of carbonyl (C=O) groups is 2. The van der Waals surface area contributed by atoms with E-state index in [1.54, 1.807) is 21.3 Å². The second kappa shape index (κ2) is 11.6. The van der Waals surface area contributed by atoms with Gasteiger partial charge in [-0.3, -0.25) is 9.59 Å². The quantitative estimate of drug-likeness (QED) is 0.546. The second-order valence-electron chi connectivity index (χ2n) is 6.89. The highest BCUT2D eigenvalue weighted by Crippen LogP contribution is 2.32. The van der Waals surface area contributed by atoms with Gasteiger partial charge in [-0.1, -0.05) is 30.3 Å². The first-order valence-corrected chi connectivity index (χ1v) is 10.4. The SMILES string of the molecule is COc1cc(CCNC(=O)CN(C)C(=O)[C@@H](N)Cc2ccccc2)c(OC)cc1Br. The molecule has 2 rings (SSSR count). The smallest absolute Gasteiger partial charge is 0.240 e. The molecule has 0 fully saturated rings. The molecule has 162 valence electrons. The van der Waals surface area contributed by atoms with E-state index in [1.165, 1.54) is 4.90 Å². The van der Waals surface area contributed by atoms with Crippen LogP contribution in [-0.4, -0.2) is 57.1 Å². The average molecular weight is 478 g/mol. The number of methoxy groups -OCH3 is 2. The molecule has 0 aliphatic rings. The van der Waals surface area contributed by atoms with Crippen molar-refractivity contribution in [2.24, 2.45) is 5.73 Å². The normalized spacial score (nSPS) is 11.5. The first-order valence-electron chi connectivity index (χ1n) is 9.57. The van der Waals surface area contributed by atoms with Gasteiger partial charge >= 0.3 is 0 Å². The van der Waals surface area contributed by atoms with Crippen LogP contribution in [0.5, 0.6) is 11.5 Å². The van der Waals surface area contributed by atoms with Crippen LogP contribution in [0.25, 0.3) is 0 Å². The van der Waals surface area contributed by atoms with Crippen LogP contribution in [0.4, 0.5) is 0 Å². The molecule has 2 amide bonds. The number of nitrogens with one attached hydrogen (secondary N) is 1. The molecule has 0 bridgehead atoms. The molecular formula is C22H28BrN3O4. The molecule has 2 aromatic rings. The zero-order valence-corrected chi connectivity index (χ0v) is 19.1. The Morgan fingerprint density at radius 2 is 1.80 bits per heavy atom. The molecule has 1 atom stereocenters. The van der Waals surface area contributed by atoms with E-state index >= 15 is 0 Å². The van der Waals surface area contributed by atoms with Crippen molar-refractivity contribution in [1.29, 1.82) is 0 Å². The van der Waals surface area contributed by atoms with E-state index < -0.39 is 6.04 Å². The summed E-state index contributed by atoms with van der Waals surface area (Å²) in [6.45, 7) is 0.347. The number of ether oxygens (including phenoxy) is 2. The summed E-state index contributed by atoms with van der Waals surface area (Å²) in [5.41, 5.74) is 7.91. The largest absolute Gasteiger partial charge is 0.496 e. The molecule has 0 spiro atoms. The monoisotopic (exact) mass is 477 g/mol. The topological polar surface area (TPSA) is 93.9 Å². The summed E-state index contributed by atoms with van der Waals surface area (Å²) in [6.07, 6.45) is 0.987. The number of carbonyl (C=O) groups excluding carboxylic acids is 2. The number of hydrogen-bond donors (Lipinski definition) is 2. The van der Waals surface area contributed by atoms with E-state index in [0.29, 0.717) is 30.9 Å². The van der Waals surface area contributed by atoms with Crippen molar-refractivity contribution in [3.8, 4) is 11.5 Å². The Hall–Kier alpha value is -2.58. The van der Waals surface area contributed by atoms with Crippen LogP contribution in [0.2, 0.25) is 0 Å². The number of hydrogen-bond acceptors (Lipinski definition) is 5. The lowest BCUT2D eigenvalue weighted by atomic mass is 10.1. The molecule has 0 heterocycles. The van der Waals surface area contributed by atoms with Gasteiger partial charge in [-0.15, -0.1) is 0 Å². The predicted octanol–water partition coefficient (Wildman–Crippen LogP) is 2.15. The Kier molecular flexibility index (Phi) is 9.14. The third-order valence-corrected chi connectivity index (χ3v) is 5.26. The number of benzene rings is 2. The van der Waals surface area contributed by atoms with Gasteiger partial charge in [0.1, 0.15) is 11.5 Å². The predicted molar refractivity (Wildman–Crippen MR) is 120 cm³/mol. The molecule has 0 aromatic heterocycles. The molecule has 0 aliphatic carbocycles. The zero-order valence-electron chi connectivity index (χ0n) is 17.5. The Morgan fingerprint density at radius 3 is 2.43 bits per heavy atom. The third-order valence-electron chi connectivity index (χ3n) is 4.64. The van der Waals surface area contributed by atoms with Gasteiger partial charge in [0.25, 0.3) is 0 Å². The molecule has 2 aromatic carbocycles. The van der Waals surface area contributed by atoms with Crippen molar-refractivity contribution in [3.63, 3.8) is 0 Å². The summed E-state index contributed by atoms with van der Waals surface area (Å²) >= 11 is 3.42. The van der Waals surface area contributed by atoms with Gasteiger partial charge in [-0.2, -0.15) is 0 Å². The summed E-state index contributed by atoms with van der Waals surface area (Å²) < 4.78 is 11.5. The van der Waals surface area contributed by atoms with E-state index in [2.05, 4.69) is 21.2 Å². The summed E-state index contributed by atoms with van der Waals surface area (Å²) in [7, 11) is 4.76. The van der Waals surface area contributed by atoms with Crippen molar-refractivity contribution >= 4 is 27.7 Å². The van der Waals surface area contributed by atoms with Crippen molar-refractivity contribution in [1.82, 2.24) is 10.2 Å². The fourth-order valence-corrected chi connectivity index (χ4v) is 3.53. The first-order chi connectivity index (χ1) is 14.3. The average Bonchev–Trinajstić information content (AvgIpc) is 2.74. The van der Waals surface area contributed by atoms with Crippen LogP contribution in [-0.2, 0) is 22.4 Å². The molecular weight excluding hydrogens is 450 g/mol. The number of halogens is 1. The molecule has 30 heavy (non-hydrogen) atoms. The lowest BCUT2D eigenvalue weighted by molar-refractivity contribution is -0.135. The molecule has 0 unspecified atom stereocenters. The number of rotatable bonds is 10. The number of amides is 2. The van der Waals surface area contributed by atoms with Gasteiger partial charge in [-0.25, -0.2) is 0 Å². The van der Waals surface area contributed by atoms with Crippen LogP contribution in [0.15, 0.2) is 46.9 Å². The summed E-state index contributed by atoms with van der Waals surface area (Å²) in [6, 6.07) is 12.6. The minimum Gasteiger partial charge on any atom is -0.496 e. The second-order valence-corrected chi connectivity index (χ2v) is 7.74. The third kappa shape index (κ3) is 6.74. The maximum Gasteiger partial charge on any atom is 0.240 e. The van der Waals surface area contributed by atoms with E-state index in [9.17, 15) is 9.59 Å². The van der Waals surface area contributed by atoms with Gasteiger partial charge in [0.15, 0.2) is 0 Å². The maximum absolute atomic E-state index is 12.5. The summed E-state index contributed by atoms with van der Waals surface area (Å²) in [5.74, 6) is 0.875. The van der Waals surface area contributed by atoms with E-state index in [0.717, 1.165) is 15.6 Å². The molecule has 0 saturated heterocycles. The van der Waals surface area contributed by atoms with Gasteiger partial charge in [0.05, 0.1) is 31.3 Å². The zero-order chi connectivity index (χ0) is 22.1. The summed E-state index contributed by atoms with van der Waals surface area (Å²) in [5, 5.41) is 2.83. The molecule has 0 radical (unpaired) electrons. The van der Waals surface area contributed by atoms with Gasteiger partial charge in [-0.05, 0) is 52.0 Å². The minimum absolute atomic E-state index is 0.0535. The molecule has 0 aliphatic heterocycles. The Labute approximate surface area is 185 Å². The van der Waals surface area contributed by atoms with Crippen molar-refractivity contribution in [3.05, 3.63) is 58.1 Å². The lowest BCUT2D eigenvalue weighted by Crippen LogP contribution is -2.47. The molecule has 7 nitrogen and oxygen atoms in total. The van der Waals surface area contributed by atoms with Gasteiger partial charge < -0.3 is 25.4 Å². The van der Waals surface area contributed by atoms with E-state index in [1.807, 2.05) is 42.5 Å². The minimum atomic E-state index is -0.690.